The van der Waals surface area contributed by atoms with Crippen molar-refractivity contribution >= 4 is 23.0 Å². The monoisotopic (exact) mass is 504 g/mol. The average molecular weight is 505 g/mol. The van der Waals surface area contributed by atoms with Crippen LogP contribution >= 0.6 is 11.6 Å². The van der Waals surface area contributed by atoms with Crippen LogP contribution in [0.5, 0.6) is 0 Å². The van der Waals surface area contributed by atoms with E-state index >= 15 is 0 Å². The summed E-state index contributed by atoms with van der Waals surface area (Å²) in [4.78, 5) is 7.21. The van der Waals surface area contributed by atoms with E-state index in [4.69, 9.17) is 22.3 Å². The number of benzene rings is 1. The molecule has 4 rings (SSSR count). The molecule has 0 atom stereocenters. The number of hydrogen-bond donors (Lipinski definition) is 2. The van der Waals surface area contributed by atoms with E-state index in [2.05, 4.69) is 41.8 Å². The number of aromatic nitrogens is 1. The Morgan fingerprint density at radius 3 is 2.50 bits per heavy atom. The SMILES string of the molecule is C#C.C=C/C(NC(=C1CC1)c1nc(-c2cc(Cl)c(C)cc2F)ccc1N)=C(\C=C/C)N1CCCCC1. The molecule has 1 aliphatic carbocycles. The minimum atomic E-state index is -0.356. The summed E-state index contributed by atoms with van der Waals surface area (Å²) in [6.45, 7) is 9.93. The van der Waals surface area contributed by atoms with E-state index in [-0.39, 0.29) is 5.82 Å². The van der Waals surface area contributed by atoms with E-state index in [9.17, 15) is 4.39 Å². The second-order valence-corrected chi connectivity index (χ2v) is 9.28. The first-order valence-corrected chi connectivity index (χ1v) is 12.6. The van der Waals surface area contributed by atoms with Gasteiger partial charge in [-0.3, -0.25) is 0 Å². The van der Waals surface area contributed by atoms with Crippen molar-refractivity contribution in [2.45, 2.75) is 46.0 Å². The maximum absolute atomic E-state index is 14.8. The zero-order valence-corrected chi connectivity index (χ0v) is 21.8. The smallest absolute Gasteiger partial charge is 0.132 e. The van der Waals surface area contributed by atoms with Crippen molar-refractivity contribution in [2.24, 2.45) is 0 Å². The number of terminal acetylenes is 1. The van der Waals surface area contributed by atoms with Crippen LogP contribution in [0.1, 0.15) is 50.3 Å². The lowest BCUT2D eigenvalue weighted by atomic mass is 10.1. The van der Waals surface area contributed by atoms with Crippen molar-refractivity contribution in [3.8, 4) is 24.1 Å². The molecule has 2 fully saturated rings. The van der Waals surface area contributed by atoms with Crippen molar-refractivity contribution in [1.29, 1.82) is 0 Å². The molecule has 1 aromatic carbocycles. The van der Waals surface area contributed by atoms with E-state index in [0.717, 1.165) is 43.0 Å². The second-order valence-electron chi connectivity index (χ2n) is 8.87. The second kappa shape index (κ2) is 12.5. The predicted molar refractivity (Wildman–Crippen MR) is 150 cm³/mol. The number of allylic oxidation sites excluding steroid dienone is 4. The van der Waals surface area contributed by atoms with Crippen LogP contribution in [-0.2, 0) is 0 Å². The summed E-state index contributed by atoms with van der Waals surface area (Å²) in [6, 6.07) is 6.58. The number of pyridine rings is 1. The summed E-state index contributed by atoms with van der Waals surface area (Å²) >= 11 is 6.29. The summed E-state index contributed by atoms with van der Waals surface area (Å²) in [5.74, 6) is -0.356. The number of halogens is 2. The minimum absolute atomic E-state index is 0.356. The van der Waals surface area contributed by atoms with Crippen LogP contribution in [0, 0.1) is 25.6 Å². The zero-order valence-electron chi connectivity index (χ0n) is 21.1. The lowest BCUT2D eigenvalue weighted by Crippen LogP contribution is -2.31. The molecule has 6 heteroatoms. The summed E-state index contributed by atoms with van der Waals surface area (Å²) in [7, 11) is 0. The molecule has 1 saturated carbocycles. The molecular weight excluding hydrogens is 471 g/mol. The fraction of sp³-hybridized carbons (Fsp3) is 0.300. The van der Waals surface area contributed by atoms with Gasteiger partial charge >= 0.3 is 0 Å². The average Bonchev–Trinajstić information content (AvgIpc) is 3.74. The fourth-order valence-electron chi connectivity index (χ4n) is 4.30. The highest BCUT2D eigenvalue weighted by Gasteiger charge is 2.24. The van der Waals surface area contributed by atoms with Gasteiger partial charge in [0.05, 0.1) is 28.5 Å². The Hall–Kier alpha value is -3.49. The molecular formula is C30H34ClFN4. The van der Waals surface area contributed by atoms with Crippen LogP contribution in [0.4, 0.5) is 10.1 Å². The normalized spacial score (nSPS) is 15.6. The lowest BCUT2D eigenvalue weighted by molar-refractivity contribution is 0.290. The van der Waals surface area contributed by atoms with Gasteiger partial charge in [-0.25, -0.2) is 9.37 Å². The fourth-order valence-corrected chi connectivity index (χ4v) is 4.47. The first-order valence-electron chi connectivity index (χ1n) is 12.2. The molecule has 2 aliphatic rings. The Labute approximate surface area is 219 Å². The summed E-state index contributed by atoms with van der Waals surface area (Å²) in [5, 5.41) is 4.11. The van der Waals surface area contributed by atoms with Crippen molar-refractivity contribution in [1.82, 2.24) is 15.2 Å². The van der Waals surface area contributed by atoms with Gasteiger partial charge in [0.1, 0.15) is 11.5 Å². The van der Waals surface area contributed by atoms with Gasteiger partial charge in [-0.2, -0.15) is 0 Å². The standard InChI is InChI=1S/C28H32ClFN4.C2H2/c1-4-9-26(34-14-7-6-8-15-34)24(5-2)32-27(19-10-11-19)28-23(31)12-13-25(33-28)20-17-21(29)18(3)16-22(20)30;1-2/h4-5,9,12-13,16-17,32H,2,6-8,10-11,14-15,31H2,1,3H3;1-2H/b9-4-,26-24-;. The molecule has 0 unspecified atom stereocenters. The van der Waals surface area contributed by atoms with E-state index in [1.54, 1.807) is 25.1 Å². The quantitative estimate of drug-likeness (QED) is 0.308. The Bertz CT molecular complexity index is 1230. The number of nitrogens with two attached hydrogens (primary N) is 1. The molecule has 1 aliphatic heterocycles. The molecule has 2 heterocycles. The van der Waals surface area contributed by atoms with Gasteiger partial charge in [0.2, 0.25) is 0 Å². The van der Waals surface area contributed by atoms with Crippen LogP contribution in [0.25, 0.3) is 17.0 Å². The topological polar surface area (TPSA) is 54.2 Å². The molecule has 0 amide bonds. The lowest BCUT2D eigenvalue weighted by Gasteiger charge is -2.31. The third-order valence-corrected chi connectivity index (χ3v) is 6.71. The van der Waals surface area contributed by atoms with E-state index in [0.29, 0.717) is 33.2 Å². The molecule has 2 aromatic rings. The summed E-state index contributed by atoms with van der Waals surface area (Å²) in [6.07, 6.45) is 19.6. The minimum Gasteiger partial charge on any atom is -0.397 e. The van der Waals surface area contributed by atoms with Gasteiger partial charge in [-0.05, 0) is 93.5 Å². The van der Waals surface area contributed by atoms with Crippen LogP contribution in [0.15, 0.2) is 66.0 Å². The number of piperidine rings is 1. The molecule has 0 bridgehead atoms. The van der Waals surface area contributed by atoms with Crippen molar-refractivity contribution in [3.63, 3.8) is 0 Å². The Balaban J connectivity index is 0.00000176. The first-order chi connectivity index (χ1) is 17.4. The predicted octanol–water partition coefficient (Wildman–Crippen LogP) is 7.24. The molecule has 36 heavy (non-hydrogen) atoms. The third kappa shape index (κ3) is 6.19. The van der Waals surface area contributed by atoms with Gasteiger partial charge in [0.15, 0.2) is 0 Å². The number of nitrogen functional groups attached to an aromatic ring is 1. The van der Waals surface area contributed by atoms with Gasteiger partial charge in [0.25, 0.3) is 0 Å². The van der Waals surface area contributed by atoms with E-state index < -0.39 is 0 Å². The highest BCUT2D eigenvalue weighted by atomic mass is 35.5. The first kappa shape index (κ1) is 27.1. The van der Waals surface area contributed by atoms with Gasteiger partial charge in [0, 0.05) is 23.7 Å². The van der Waals surface area contributed by atoms with Crippen molar-refractivity contribution < 1.29 is 4.39 Å². The number of nitrogens with one attached hydrogen (secondary N) is 1. The molecule has 1 aromatic heterocycles. The molecule has 0 radical (unpaired) electrons. The Morgan fingerprint density at radius 2 is 1.89 bits per heavy atom. The highest BCUT2D eigenvalue weighted by Crippen LogP contribution is 2.38. The van der Waals surface area contributed by atoms with E-state index in [1.165, 1.54) is 30.9 Å². The maximum atomic E-state index is 14.8. The van der Waals surface area contributed by atoms with Gasteiger partial charge in [-0.15, -0.1) is 12.8 Å². The molecule has 1 saturated heterocycles. The van der Waals surface area contributed by atoms with Crippen LogP contribution < -0.4 is 11.1 Å². The van der Waals surface area contributed by atoms with Crippen molar-refractivity contribution in [3.05, 3.63) is 88.1 Å². The Morgan fingerprint density at radius 1 is 1.19 bits per heavy atom. The van der Waals surface area contributed by atoms with Gasteiger partial charge in [-0.1, -0.05) is 24.3 Å². The number of hydrogen-bond acceptors (Lipinski definition) is 4. The third-order valence-electron chi connectivity index (χ3n) is 6.30. The summed E-state index contributed by atoms with van der Waals surface area (Å²) < 4.78 is 14.8. The van der Waals surface area contributed by atoms with E-state index in [1.807, 2.05) is 13.0 Å². The number of anilines is 1. The highest BCUT2D eigenvalue weighted by molar-refractivity contribution is 6.31. The number of nitrogens with zero attached hydrogens (tertiary/aromatic N) is 2. The van der Waals surface area contributed by atoms with Gasteiger partial charge < -0.3 is 16.0 Å². The molecule has 4 nitrogen and oxygen atoms in total. The maximum Gasteiger partial charge on any atom is 0.132 e. The zero-order chi connectivity index (χ0) is 26.2. The molecule has 188 valence electrons. The van der Waals surface area contributed by atoms with Crippen molar-refractivity contribution in [2.75, 3.05) is 18.8 Å². The molecule has 0 spiro atoms. The number of aryl methyl sites for hydroxylation is 1. The van der Waals surface area contributed by atoms with Crippen LogP contribution in [0.3, 0.4) is 0 Å². The number of likely N-dealkylation sites (tertiary alicyclic amines) is 1. The Kier molecular flexibility index (Phi) is 9.38. The summed E-state index contributed by atoms with van der Waals surface area (Å²) in [5.41, 5.74) is 13.3. The number of rotatable bonds is 7. The van der Waals surface area contributed by atoms with Crippen LogP contribution in [0.2, 0.25) is 5.02 Å². The van der Waals surface area contributed by atoms with Crippen LogP contribution in [-0.4, -0.2) is 23.0 Å². The largest absolute Gasteiger partial charge is 0.397 e. The molecule has 3 N–H and O–H groups in total.